The summed E-state index contributed by atoms with van der Waals surface area (Å²) in [6.45, 7) is 6.84. The molecule has 0 aromatic heterocycles. The van der Waals surface area contributed by atoms with E-state index in [2.05, 4.69) is 26.1 Å². The van der Waals surface area contributed by atoms with Crippen molar-refractivity contribution in [3.05, 3.63) is 0 Å². The van der Waals surface area contributed by atoms with Gasteiger partial charge < -0.3 is 10.4 Å². The maximum absolute atomic E-state index is 10.9. The number of carbonyl (C=O) groups is 1. The van der Waals surface area contributed by atoms with E-state index in [9.17, 15) is 4.79 Å². The molecule has 0 bridgehead atoms. The van der Waals surface area contributed by atoms with E-state index >= 15 is 0 Å². The van der Waals surface area contributed by atoms with E-state index in [1.54, 1.807) is 0 Å². The molecule has 3 nitrogen and oxygen atoms in total. The third-order valence-electron chi connectivity index (χ3n) is 4.19. The Morgan fingerprint density at radius 2 is 1.88 bits per heavy atom. The van der Waals surface area contributed by atoms with Crippen LogP contribution in [0.2, 0.25) is 0 Å². The van der Waals surface area contributed by atoms with Crippen molar-refractivity contribution in [3.63, 3.8) is 0 Å². The van der Waals surface area contributed by atoms with Gasteiger partial charge in [-0.2, -0.15) is 0 Å². The van der Waals surface area contributed by atoms with Crippen LogP contribution in [0.25, 0.3) is 0 Å². The van der Waals surface area contributed by atoms with E-state index < -0.39 is 5.97 Å². The van der Waals surface area contributed by atoms with E-state index in [4.69, 9.17) is 5.11 Å². The number of rotatable bonds is 3. The number of aliphatic carboxylic acids is 1. The highest BCUT2D eigenvalue weighted by Crippen LogP contribution is 2.42. The topological polar surface area (TPSA) is 49.3 Å². The fourth-order valence-corrected chi connectivity index (χ4v) is 2.84. The molecule has 1 fully saturated rings. The molecule has 0 saturated heterocycles. The van der Waals surface area contributed by atoms with Crippen LogP contribution in [0, 0.1) is 11.3 Å². The van der Waals surface area contributed by atoms with Gasteiger partial charge in [0.05, 0.1) is 6.42 Å². The van der Waals surface area contributed by atoms with Gasteiger partial charge in [0.2, 0.25) is 0 Å². The van der Waals surface area contributed by atoms with Gasteiger partial charge in [0.25, 0.3) is 0 Å². The van der Waals surface area contributed by atoms with Gasteiger partial charge in [-0.3, -0.25) is 4.79 Å². The second-order valence-electron chi connectivity index (χ2n) is 6.24. The van der Waals surface area contributed by atoms with Crippen molar-refractivity contribution in [3.8, 4) is 0 Å². The van der Waals surface area contributed by atoms with Gasteiger partial charge in [-0.05, 0) is 44.1 Å². The molecule has 0 amide bonds. The Bertz CT molecular complexity index is 247. The van der Waals surface area contributed by atoms with Crippen LogP contribution in [0.3, 0.4) is 0 Å². The number of carboxylic acid groups (broad SMARTS) is 1. The highest BCUT2D eigenvalue weighted by molar-refractivity contribution is 5.68. The molecule has 94 valence electrons. The van der Waals surface area contributed by atoms with Crippen LogP contribution >= 0.6 is 0 Å². The monoisotopic (exact) mass is 227 g/mol. The first-order valence-corrected chi connectivity index (χ1v) is 6.20. The third-order valence-corrected chi connectivity index (χ3v) is 4.19. The third kappa shape index (κ3) is 3.21. The van der Waals surface area contributed by atoms with Crippen LogP contribution in [0.4, 0.5) is 0 Å². The highest BCUT2D eigenvalue weighted by atomic mass is 16.4. The van der Waals surface area contributed by atoms with Gasteiger partial charge in [0.1, 0.15) is 0 Å². The van der Waals surface area contributed by atoms with Crippen molar-refractivity contribution in [2.75, 3.05) is 7.05 Å². The Morgan fingerprint density at radius 3 is 2.19 bits per heavy atom. The first kappa shape index (κ1) is 13.5. The van der Waals surface area contributed by atoms with Crippen LogP contribution in [0.15, 0.2) is 0 Å². The van der Waals surface area contributed by atoms with Crippen LogP contribution in [-0.4, -0.2) is 23.7 Å². The molecule has 0 aliphatic heterocycles. The van der Waals surface area contributed by atoms with Crippen LogP contribution in [0.1, 0.15) is 52.9 Å². The van der Waals surface area contributed by atoms with Crippen LogP contribution in [-0.2, 0) is 4.79 Å². The molecule has 0 radical (unpaired) electrons. The fraction of sp³-hybridized carbons (Fsp3) is 0.923. The summed E-state index contributed by atoms with van der Waals surface area (Å²) in [5.41, 5.74) is 0.191. The molecule has 0 atom stereocenters. The van der Waals surface area contributed by atoms with E-state index in [-0.39, 0.29) is 12.0 Å². The average Bonchev–Trinajstić information content (AvgIpc) is 2.16. The molecule has 0 spiro atoms. The molecule has 0 unspecified atom stereocenters. The van der Waals surface area contributed by atoms with Crippen LogP contribution in [0.5, 0.6) is 0 Å². The van der Waals surface area contributed by atoms with E-state index in [0.29, 0.717) is 5.41 Å². The van der Waals surface area contributed by atoms with Crippen LogP contribution < -0.4 is 5.32 Å². The second kappa shape index (κ2) is 4.74. The van der Waals surface area contributed by atoms with E-state index in [0.717, 1.165) is 31.6 Å². The van der Waals surface area contributed by atoms with Crippen molar-refractivity contribution < 1.29 is 9.90 Å². The van der Waals surface area contributed by atoms with E-state index in [1.807, 2.05) is 7.05 Å². The summed E-state index contributed by atoms with van der Waals surface area (Å²) in [6.07, 6.45) is 4.49. The molecule has 0 heterocycles. The zero-order chi connectivity index (χ0) is 12.4. The minimum absolute atomic E-state index is 0.159. The summed E-state index contributed by atoms with van der Waals surface area (Å²) in [6, 6.07) is 0. The molecule has 1 aliphatic rings. The van der Waals surface area contributed by atoms with Gasteiger partial charge in [0, 0.05) is 5.54 Å². The van der Waals surface area contributed by atoms with Gasteiger partial charge in [-0.25, -0.2) is 0 Å². The zero-order valence-corrected chi connectivity index (χ0v) is 11.0. The first-order chi connectivity index (χ1) is 7.29. The average molecular weight is 227 g/mol. The lowest BCUT2D eigenvalue weighted by Crippen LogP contribution is -2.48. The zero-order valence-electron chi connectivity index (χ0n) is 11.0. The molecule has 0 aromatic carbocycles. The van der Waals surface area contributed by atoms with Gasteiger partial charge in [0.15, 0.2) is 0 Å². The van der Waals surface area contributed by atoms with Crippen molar-refractivity contribution in [2.45, 2.75) is 58.4 Å². The van der Waals surface area contributed by atoms with Gasteiger partial charge >= 0.3 is 5.97 Å². The summed E-state index contributed by atoms with van der Waals surface area (Å²) < 4.78 is 0. The standard InChI is InChI=1S/C13H25NO2/c1-12(2,3)10-5-7-13(14-4,8-6-10)9-11(15)16/h10,14H,5-9H2,1-4H3,(H,15,16). The molecule has 1 rings (SSSR count). The summed E-state index contributed by atoms with van der Waals surface area (Å²) in [5.74, 6) is 0.0336. The van der Waals surface area contributed by atoms with Crippen molar-refractivity contribution >= 4 is 5.97 Å². The Labute approximate surface area is 98.6 Å². The SMILES string of the molecule is CNC1(CC(=O)O)CCC(C(C)(C)C)CC1. The van der Waals surface area contributed by atoms with Gasteiger partial charge in [-0.1, -0.05) is 20.8 Å². The summed E-state index contributed by atoms with van der Waals surface area (Å²) in [7, 11) is 1.89. The summed E-state index contributed by atoms with van der Waals surface area (Å²) in [4.78, 5) is 10.9. The Balaban J connectivity index is 2.60. The largest absolute Gasteiger partial charge is 0.481 e. The molecule has 1 aliphatic carbocycles. The van der Waals surface area contributed by atoms with Crippen molar-refractivity contribution in [1.82, 2.24) is 5.32 Å². The minimum atomic E-state index is -0.691. The summed E-state index contributed by atoms with van der Waals surface area (Å²) >= 11 is 0. The lowest BCUT2D eigenvalue weighted by Gasteiger charge is -2.43. The first-order valence-electron chi connectivity index (χ1n) is 6.20. The quantitative estimate of drug-likeness (QED) is 0.779. The molecule has 3 heteroatoms. The maximum atomic E-state index is 10.9. The Morgan fingerprint density at radius 1 is 1.38 bits per heavy atom. The molecular formula is C13H25NO2. The van der Waals surface area contributed by atoms with Crippen molar-refractivity contribution in [2.24, 2.45) is 11.3 Å². The lowest BCUT2D eigenvalue weighted by molar-refractivity contribution is -0.139. The van der Waals surface area contributed by atoms with E-state index in [1.165, 1.54) is 0 Å². The molecule has 16 heavy (non-hydrogen) atoms. The van der Waals surface area contributed by atoms with Crippen molar-refractivity contribution in [1.29, 1.82) is 0 Å². The maximum Gasteiger partial charge on any atom is 0.305 e. The molecule has 0 aromatic rings. The Kier molecular flexibility index (Phi) is 4.00. The molecular weight excluding hydrogens is 202 g/mol. The number of hydrogen-bond donors (Lipinski definition) is 2. The predicted octanol–water partition coefficient (Wildman–Crippen LogP) is 2.66. The fourth-order valence-electron chi connectivity index (χ4n) is 2.84. The normalized spacial score (nSPS) is 31.4. The minimum Gasteiger partial charge on any atom is -0.481 e. The summed E-state index contributed by atoms with van der Waals surface area (Å²) in [5, 5.41) is 12.2. The lowest BCUT2D eigenvalue weighted by atomic mass is 9.66. The number of hydrogen-bond acceptors (Lipinski definition) is 2. The Hall–Kier alpha value is -0.570. The number of nitrogens with one attached hydrogen (secondary N) is 1. The highest BCUT2D eigenvalue weighted by Gasteiger charge is 2.38. The second-order valence-corrected chi connectivity index (χ2v) is 6.24. The molecule has 2 N–H and O–H groups in total. The number of carboxylic acids is 1. The predicted molar refractivity (Wildman–Crippen MR) is 65.5 cm³/mol. The molecule has 1 saturated carbocycles. The smallest absolute Gasteiger partial charge is 0.305 e. The van der Waals surface area contributed by atoms with Gasteiger partial charge in [-0.15, -0.1) is 0 Å².